The van der Waals surface area contributed by atoms with Gasteiger partial charge >= 0.3 is 5.97 Å². The minimum atomic E-state index is -1.34. The van der Waals surface area contributed by atoms with Gasteiger partial charge < -0.3 is 10.2 Å². The van der Waals surface area contributed by atoms with Crippen molar-refractivity contribution < 1.29 is 15.0 Å². The van der Waals surface area contributed by atoms with Crippen LogP contribution in [0.4, 0.5) is 0 Å². The number of aliphatic hydroxyl groups excluding tert-OH is 1. The van der Waals surface area contributed by atoms with Gasteiger partial charge in [0.25, 0.3) is 0 Å². The smallest absolute Gasteiger partial charge is 0.334 e. The Hall–Kier alpha value is -2.17. The van der Waals surface area contributed by atoms with Gasteiger partial charge in [0.15, 0.2) is 6.10 Å². The highest BCUT2D eigenvalue weighted by Crippen LogP contribution is 2.36. The third-order valence-electron chi connectivity index (χ3n) is 4.29. The Balaban J connectivity index is 1.95. The van der Waals surface area contributed by atoms with Crippen molar-refractivity contribution >= 4 is 5.97 Å². The van der Waals surface area contributed by atoms with E-state index in [1.54, 1.807) is 0 Å². The normalized spacial score (nSPS) is 19.6. The molecule has 0 spiro atoms. The van der Waals surface area contributed by atoms with E-state index >= 15 is 0 Å². The van der Waals surface area contributed by atoms with E-state index in [1.165, 1.54) is 0 Å². The summed E-state index contributed by atoms with van der Waals surface area (Å²) in [6.45, 7) is 0.781. The average molecular weight is 297 g/mol. The highest BCUT2D eigenvalue weighted by atomic mass is 16.4. The van der Waals surface area contributed by atoms with Crippen molar-refractivity contribution in [1.29, 1.82) is 0 Å². The Labute approximate surface area is 129 Å². The van der Waals surface area contributed by atoms with Gasteiger partial charge in [-0.15, -0.1) is 0 Å². The molecule has 2 atom stereocenters. The monoisotopic (exact) mass is 297 g/mol. The van der Waals surface area contributed by atoms with Crippen LogP contribution in [0.1, 0.15) is 23.6 Å². The fourth-order valence-electron chi connectivity index (χ4n) is 3.10. The quantitative estimate of drug-likeness (QED) is 0.889. The van der Waals surface area contributed by atoms with Crippen LogP contribution in [0.25, 0.3) is 0 Å². The predicted molar refractivity (Wildman–Crippen MR) is 83.5 cm³/mol. The summed E-state index contributed by atoms with van der Waals surface area (Å²) in [6, 6.07) is 19.6. The number of hydrogen-bond donors (Lipinski definition) is 2. The van der Waals surface area contributed by atoms with E-state index < -0.39 is 12.1 Å². The summed E-state index contributed by atoms with van der Waals surface area (Å²) in [5.74, 6) is -1.16. The first-order valence-corrected chi connectivity index (χ1v) is 7.45. The summed E-state index contributed by atoms with van der Waals surface area (Å²) in [5.41, 5.74) is 2.21. The van der Waals surface area contributed by atoms with Crippen LogP contribution in [0.3, 0.4) is 0 Å². The van der Waals surface area contributed by atoms with Gasteiger partial charge in [-0.25, -0.2) is 4.79 Å². The van der Waals surface area contributed by atoms with Crippen molar-refractivity contribution in [3.63, 3.8) is 0 Å². The summed E-state index contributed by atoms with van der Waals surface area (Å²) < 4.78 is 0. The molecule has 0 radical (unpaired) electrons. The molecule has 0 bridgehead atoms. The van der Waals surface area contributed by atoms with Crippen molar-refractivity contribution in [2.45, 2.75) is 24.6 Å². The van der Waals surface area contributed by atoms with Crippen molar-refractivity contribution in [2.75, 3.05) is 6.54 Å². The number of aliphatic hydroxyl groups is 1. The first kappa shape index (κ1) is 14.8. The highest BCUT2D eigenvalue weighted by molar-refractivity contribution is 5.73. The number of likely N-dealkylation sites (tertiary alicyclic amines) is 1. The fourth-order valence-corrected chi connectivity index (χ4v) is 3.10. The zero-order valence-corrected chi connectivity index (χ0v) is 12.2. The van der Waals surface area contributed by atoms with Gasteiger partial charge in [0, 0.05) is 12.6 Å². The number of rotatable bonds is 5. The van der Waals surface area contributed by atoms with Gasteiger partial charge in [-0.1, -0.05) is 60.7 Å². The Morgan fingerprint density at radius 3 is 1.86 bits per heavy atom. The van der Waals surface area contributed by atoms with Crippen LogP contribution >= 0.6 is 0 Å². The average Bonchev–Trinajstić information content (AvgIpc) is 2.53. The summed E-state index contributed by atoms with van der Waals surface area (Å²) in [5, 5.41) is 19.0. The molecule has 4 nitrogen and oxygen atoms in total. The Morgan fingerprint density at radius 1 is 1.00 bits per heavy atom. The summed E-state index contributed by atoms with van der Waals surface area (Å²) in [6.07, 6.45) is -0.646. The molecule has 2 aromatic rings. The van der Waals surface area contributed by atoms with Crippen LogP contribution in [0.2, 0.25) is 0 Å². The van der Waals surface area contributed by atoms with Gasteiger partial charge in [-0.2, -0.15) is 0 Å². The number of carbonyl (C=O) groups is 1. The molecule has 3 rings (SSSR count). The van der Waals surface area contributed by atoms with Gasteiger partial charge in [-0.05, 0) is 17.5 Å². The molecular weight excluding hydrogens is 278 g/mol. The topological polar surface area (TPSA) is 60.8 Å². The molecular formula is C18H19NO3. The minimum Gasteiger partial charge on any atom is -0.479 e. The lowest BCUT2D eigenvalue weighted by Crippen LogP contribution is -2.57. The molecule has 2 unspecified atom stereocenters. The van der Waals surface area contributed by atoms with E-state index in [1.807, 2.05) is 60.7 Å². The largest absolute Gasteiger partial charge is 0.479 e. The first-order chi connectivity index (χ1) is 10.7. The summed E-state index contributed by atoms with van der Waals surface area (Å²) >= 11 is 0. The van der Waals surface area contributed by atoms with E-state index in [-0.39, 0.29) is 12.1 Å². The van der Waals surface area contributed by atoms with Gasteiger partial charge in [0.1, 0.15) is 0 Å². The Kier molecular flexibility index (Phi) is 4.22. The molecule has 1 saturated heterocycles. The highest BCUT2D eigenvalue weighted by Gasteiger charge is 2.42. The van der Waals surface area contributed by atoms with Gasteiger partial charge in [-0.3, -0.25) is 4.90 Å². The molecule has 1 aliphatic rings. The molecule has 0 aliphatic carbocycles. The van der Waals surface area contributed by atoms with Crippen LogP contribution in [-0.2, 0) is 4.79 Å². The lowest BCUT2D eigenvalue weighted by Gasteiger charge is -2.47. The maximum Gasteiger partial charge on any atom is 0.334 e. The van der Waals surface area contributed by atoms with Crippen LogP contribution < -0.4 is 0 Å². The molecule has 0 saturated carbocycles. The van der Waals surface area contributed by atoms with Crippen LogP contribution in [0, 0.1) is 0 Å². The molecule has 0 amide bonds. The summed E-state index contributed by atoms with van der Waals surface area (Å²) in [7, 11) is 0. The van der Waals surface area contributed by atoms with E-state index in [0.717, 1.165) is 17.7 Å². The van der Waals surface area contributed by atoms with Gasteiger partial charge in [0.05, 0.1) is 6.04 Å². The number of hydrogen-bond acceptors (Lipinski definition) is 3. The lowest BCUT2D eigenvalue weighted by molar-refractivity contribution is -0.155. The second-order valence-electron chi connectivity index (χ2n) is 5.60. The number of benzene rings is 2. The van der Waals surface area contributed by atoms with E-state index in [9.17, 15) is 9.90 Å². The number of nitrogens with zero attached hydrogens (tertiary/aromatic N) is 1. The van der Waals surface area contributed by atoms with Crippen LogP contribution in [0.15, 0.2) is 60.7 Å². The second-order valence-corrected chi connectivity index (χ2v) is 5.60. The molecule has 0 aromatic heterocycles. The van der Waals surface area contributed by atoms with E-state index in [4.69, 9.17) is 5.11 Å². The van der Waals surface area contributed by atoms with Crippen LogP contribution in [-0.4, -0.2) is 39.8 Å². The first-order valence-electron chi connectivity index (χ1n) is 7.45. The fraction of sp³-hybridized carbons (Fsp3) is 0.278. The maximum atomic E-state index is 11.1. The summed E-state index contributed by atoms with van der Waals surface area (Å²) in [4.78, 5) is 13.2. The van der Waals surface area contributed by atoms with Crippen molar-refractivity contribution in [3.8, 4) is 0 Å². The van der Waals surface area contributed by atoms with E-state index in [0.29, 0.717) is 6.42 Å². The standard InChI is InChI=1S/C18H19NO3/c20-17(18(21)22)15-11-12-19(15)16(13-7-3-1-4-8-13)14-9-5-2-6-10-14/h1-10,15-17,20H,11-12H2,(H,21,22). The SMILES string of the molecule is O=C(O)C(O)C1CCN1C(c1ccccc1)c1ccccc1. The Morgan fingerprint density at radius 2 is 1.50 bits per heavy atom. The lowest BCUT2D eigenvalue weighted by atomic mass is 9.88. The number of carboxylic acids is 1. The molecule has 114 valence electrons. The molecule has 1 heterocycles. The minimum absolute atomic E-state index is 0.0323. The molecule has 2 N–H and O–H groups in total. The number of aliphatic carboxylic acids is 1. The van der Waals surface area contributed by atoms with E-state index in [2.05, 4.69) is 4.90 Å². The van der Waals surface area contributed by atoms with Crippen molar-refractivity contribution in [1.82, 2.24) is 4.90 Å². The maximum absolute atomic E-state index is 11.1. The van der Waals surface area contributed by atoms with Crippen LogP contribution in [0.5, 0.6) is 0 Å². The Bertz CT molecular complexity index is 590. The van der Waals surface area contributed by atoms with Crippen molar-refractivity contribution in [2.24, 2.45) is 0 Å². The molecule has 4 heteroatoms. The second kappa shape index (κ2) is 6.30. The molecule has 1 aliphatic heterocycles. The van der Waals surface area contributed by atoms with Crippen molar-refractivity contribution in [3.05, 3.63) is 71.8 Å². The third-order valence-corrected chi connectivity index (χ3v) is 4.29. The molecule has 1 fully saturated rings. The molecule has 22 heavy (non-hydrogen) atoms. The number of carboxylic acid groups (broad SMARTS) is 1. The zero-order chi connectivity index (χ0) is 15.5. The predicted octanol–water partition coefficient (Wildman–Crippen LogP) is 2.30. The van der Waals surface area contributed by atoms with Gasteiger partial charge in [0.2, 0.25) is 0 Å². The third kappa shape index (κ3) is 2.75. The molecule has 2 aromatic carbocycles. The zero-order valence-electron chi connectivity index (χ0n) is 12.2.